The van der Waals surface area contributed by atoms with Crippen LogP contribution in [0.15, 0.2) is 28.7 Å². The fourth-order valence-electron chi connectivity index (χ4n) is 1.52. The third kappa shape index (κ3) is 4.80. The van der Waals surface area contributed by atoms with Crippen LogP contribution in [-0.4, -0.2) is 6.54 Å². The van der Waals surface area contributed by atoms with Crippen LogP contribution in [0.4, 0.5) is 0 Å². The minimum absolute atomic E-state index is 0.287. The van der Waals surface area contributed by atoms with Crippen LogP contribution in [0.25, 0.3) is 0 Å². The lowest BCUT2D eigenvalue weighted by Gasteiger charge is -2.21. The van der Waals surface area contributed by atoms with Crippen LogP contribution in [0, 0.1) is 5.41 Å². The van der Waals surface area contributed by atoms with Gasteiger partial charge in [0.25, 0.3) is 0 Å². The van der Waals surface area contributed by atoms with E-state index in [4.69, 9.17) is 5.73 Å². The summed E-state index contributed by atoms with van der Waals surface area (Å²) in [6.45, 7) is 5.23. The van der Waals surface area contributed by atoms with Gasteiger partial charge in [0.2, 0.25) is 0 Å². The number of nitrogens with two attached hydrogens (primary N) is 1. The van der Waals surface area contributed by atoms with E-state index in [2.05, 4.69) is 54.0 Å². The van der Waals surface area contributed by atoms with Crippen molar-refractivity contribution < 1.29 is 0 Å². The Hall–Kier alpha value is -0.340. The first-order valence-corrected chi connectivity index (χ1v) is 6.27. The molecule has 1 aromatic rings. The maximum absolute atomic E-state index is 5.70. The highest BCUT2D eigenvalue weighted by molar-refractivity contribution is 9.10. The zero-order valence-electron chi connectivity index (χ0n) is 9.59. The first kappa shape index (κ1) is 12.7. The van der Waals surface area contributed by atoms with E-state index in [-0.39, 0.29) is 5.41 Å². The van der Waals surface area contributed by atoms with Crippen LogP contribution in [0.5, 0.6) is 0 Å². The fourth-order valence-corrected chi connectivity index (χ4v) is 1.79. The van der Waals surface area contributed by atoms with Gasteiger partial charge in [-0.1, -0.05) is 41.9 Å². The first-order valence-electron chi connectivity index (χ1n) is 5.48. The zero-order valence-corrected chi connectivity index (χ0v) is 11.2. The second-order valence-electron chi connectivity index (χ2n) is 4.85. The van der Waals surface area contributed by atoms with Gasteiger partial charge in [-0.05, 0) is 48.9 Å². The average Bonchev–Trinajstić information content (AvgIpc) is 2.21. The summed E-state index contributed by atoms with van der Waals surface area (Å²) < 4.78 is 1.15. The van der Waals surface area contributed by atoms with Crippen LogP contribution in [0.3, 0.4) is 0 Å². The second kappa shape index (κ2) is 5.66. The molecule has 0 aromatic heterocycles. The van der Waals surface area contributed by atoms with E-state index in [1.165, 1.54) is 18.4 Å². The number of aryl methyl sites for hydroxylation is 1. The Morgan fingerprint density at radius 1 is 1.20 bits per heavy atom. The summed E-state index contributed by atoms with van der Waals surface area (Å²) >= 11 is 3.44. The van der Waals surface area contributed by atoms with E-state index in [1.807, 2.05) is 0 Å². The van der Waals surface area contributed by atoms with Gasteiger partial charge in [0.15, 0.2) is 0 Å². The van der Waals surface area contributed by atoms with E-state index in [1.54, 1.807) is 0 Å². The summed E-state index contributed by atoms with van der Waals surface area (Å²) in [5, 5.41) is 0. The fraction of sp³-hybridized carbons (Fsp3) is 0.538. The summed E-state index contributed by atoms with van der Waals surface area (Å²) in [6.07, 6.45) is 3.56. The lowest BCUT2D eigenvalue weighted by molar-refractivity contribution is 0.337. The highest BCUT2D eigenvalue weighted by atomic mass is 79.9. The number of hydrogen-bond donors (Lipinski definition) is 1. The summed E-state index contributed by atoms with van der Waals surface area (Å²) in [6, 6.07) is 8.56. The number of halogens is 1. The van der Waals surface area contributed by atoms with Crippen molar-refractivity contribution in [2.24, 2.45) is 11.1 Å². The Kier molecular flexibility index (Phi) is 4.81. The van der Waals surface area contributed by atoms with Crippen molar-refractivity contribution in [3.63, 3.8) is 0 Å². The Balaban J connectivity index is 2.35. The van der Waals surface area contributed by atoms with Gasteiger partial charge in [-0.25, -0.2) is 0 Å². The first-order chi connectivity index (χ1) is 7.03. The number of hydrogen-bond acceptors (Lipinski definition) is 1. The third-order valence-electron chi connectivity index (χ3n) is 2.78. The number of benzene rings is 1. The smallest absolute Gasteiger partial charge is 0.0175 e. The molecule has 1 rings (SSSR count). The minimum atomic E-state index is 0.287. The number of rotatable bonds is 5. The van der Waals surface area contributed by atoms with Crippen molar-refractivity contribution in [3.8, 4) is 0 Å². The molecule has 1 nitrogen and oxygen atoms in total. The maximum atomic E-state index is 5.70. The quantitative estimate of drug-likeness (QED) is 0.866. The van der Waals surface area contributed by atoms with Crippen molar-refractivity contribution >= 4 is 15.9 Å². The monoisotopic (exact) mass is 269 g/mol. The third-order valence-corrected chi connectivity index (χ3v) is 3.31. The predicted molar refractivity (Wildman–Crippen MR) is 69.9 cm³/mol. The predicted octanol–water partition coefficient (Wildman–Crippen LogP) is 3.76. The molecule has 0 saturated heterocycles. The second-order valence-corrected chi connectivity index (χ2v) is 5.76. The standard InChI is InChI=1S/C13H20BrN/c1-13(2,10-15)9-3-4-11-5-7-12(14)8-6-11/h5-8H,3-4,9-10,15H2,1-2H3. The zero-order chi connectivity index (χ0) is 11.3. The van der Waals surface area contributed by atoms with Gasteiger partial charge in [0.1, 0.15) is 0 Å². The minimum Gasteiger partial charge on any atom is -0.330 e. The summed E-state index contributed by atoms with van der Waals surface area (Å²) in [5.74, 6) is 0. The molecular weight excluding hydrogens is 250 g/mol. The Morgan fingerprint density at radius 3 is 2.33 bits per heavy atom. The van der Waals surface area contributed by atoms with Crippen molar-refractivity contribution in [2.45, 2.75) is 33.1 Å². The van der Waals surface area contributed by atoms with Gasteiger partial charge < -0.3 is 5.73 Å². The molecular formula is C13H20BrN. The molecule has 0 atom stereocenters. The molecule has 0 fully saturated rings. The lowest BCUT2D eigenvalue weighted by Crippen LogP contribution is -2.23. The van der Waals surface area contributed by atoms with E-state index in [0.717, 1.165) is 17.4 Å². The maximum Gasteiger partial charge on any atom is 0.0175 e. The van der Waals surface area contributed by atoms with Gasteiger partial charge in [-0.3, -0.25) is 0 Å². The highest BCUT2D eigenvalue weighted by Crippen LogP contribution is 2.22. The van der Waals surface area contributed by atoms with E-state index in [9.17, 15) is 0 Å². The topological polar surface area (TPSA) is 26.0 Å². The molecule has 0 aliphatic rings. The molecule has 2 N–H and O–H groups in total. The molecule has 0 amide bonds. The molecule has 0 bridgehead atoms. The summed E-state index contributed by atoms with van der Waals surface area (Å²) in [5.41, 5.74) is 7.39. The van der Waals surface area contributed by atoms with Gasteiger partial charge >= 0.3 is 0 Å². The largest absolute Gasteiger partial charge is 0.330 e. The molecule has 0 spiro atoms. The Bertz CT molecular complexity index is 290. The van der Waals surface area contributed by atoms with Crippen molar-refractivity contribution in [1.29, 1.82) is 0 Å². The molecule has 0 aliphatic heterocycles. The Morgan fingerprint density at radius 2 is 1.80 bits per heavy atom. The normalized spacial score (nSPS) is 11.7. The van der Waals surface area contributed by atoms with Crippen molar-refractivity contribution in [2.75, 3.05) is 6.54 Å². The van der Waals surface area contributed by atoms with Crippen LogP contribution in [-0.2, 0) is 6.42 Å². The van der Waals surface area contributed by atoms with E-state index in [0.29, 0.717) is 0 Å². The molecule has 0 aliphatic carbocycles. The molecule has 0 radical (unpaired) electrons. The molecule has 2 heteroatoms. The molecule has 0 saturated carbocycles. The average molecular weight is 270 g/mol. The van der Waals surface area contributed by atoms with Crippen molar-refractivity contribution in [3.05, 3.63) is 34.3 Å². The van der Waals surface area contributed by atoms with Crippen molar-refractivity contribution in [1.82, 2.24) is 0 Å². The summed E-state index contributed by atoms with van der Waals surface area (Å²) in [4.78, 5) is 0. The molecule has 1 aromatic carbocycles. The molecule has 0 unspecified atom stereocenters. The molecule has 84 valence electrons. The lowest BCUT2D eigenvalue weighted by atomic mass is 9.87. The van der Waals surface area contributed by atoms with E-state index < -0.39 is 0 Å². The highest BCUT2D eigenvalue weighted by Gasteiger charge is 2.14. The van der Waals surface area contributed by atoms with Gasteiger partial charge in [0, 0.05) is 4.47 Å². The summed E-state index contributed by atoms with van der Waals surface area (Å²) in [7, 11) is 0. The van der Waals surface area contributed by atoms with Gasteiger partial charge in [-0.15, -0.1) is 0 Å². The van der Waals surface area contributed by atoms with Crippen LogP contribution >= 0.6 is 15.9 Å². The van der Waals surface area contributed by atoms with Crippen LogP contribution in [0.1, 0.15) is 32.3 Å². The van der Waals surface area contributed by atoms with Crippen LogP contribution < -0.4 is 5.73 Å². The van der Waals surface area contributed by atoms with Gasteiger partial charge in [-0.2, -0.15) is 0 Å². The Labute approximate surface area is 101 Å². The SMILES string of the molecule is CC(C)(CN)CCCc1ccc(Br)cc1. The van der Waals surface area contributed by atoms with Crippen LogP contribution in [0.2, 0.25) is 0 Å². The van der Waals surface area contributed by atoms with Gasteiger partial charge in [0.05, 0.1) is 0 Å². The molecule has 15 heavy (non-hydrogen) atoms. The van der Waals surface area contributed by atoms with E-state index >= 15 is 0 Å². The molecule has 0 heterocycles.